The third-order valence-electron chi connectivity index (χ3n) is 4.68. The van der Waals surface area contributed by atoms with Crippen LogP contribution in [-0.4, -0.2) is 55.4 Å². The fraction of sp³-hybridized carbons (Fsp3) is 0.529. The van der Waals surface area contributed by atoms with Crippen LogP contribution in [0.5, 0.6) is 0 Å². The lowest BCUT2D eigenvalue weighted by atomic mass is 9.95. The highest BCUT2D eigenvalue weighted by atomic mass is 16.2. The molecular formula is C17H24N6O2. The lowest BCUT2D eigenvalue weighted by Gasteiger charge is -2.34. The Kier molecular flexibility index (Phi) is 5.16. The standard InChI is InChI=1S/C17H24N6O2/c1-12(24)21-15(9-14-10-18-11-20-14)17(25)23-6-3-13(4-7-23)16-19-5-8-22(16)2/h5,8,10-11,13,15H,3-4,6-7,9H2,1-2H3,(H,18,20)(H,21,24)/t15-/m0/s1. The highest BCUT2D eigenvalue weighted by molar-refractivity contribution is 5.87. The molecule has 2 aromatic heterocycles. The largest absolute Gasteiger partial charge is 0.348 e. The van der Waals surface area contributed by atoms with Crippen LogP contribution in [0.15, 0.2) is 24.9 Å². The van der Waals surface area contributed by atoms with Gasteiger partial charge in [0.1, 0.15) is 11.9 Å². The van der Waals surface area contributed by atoms with Crippen molar-refractivity contribution in [1.29, 1.82) is 0 Å². The van der Waals surface area contributed by atoms with Gasteiger partial charge in [-0.1, -0.05) is 0 Å². The maximum absolute atomic E-state index is 12.9. The molecule has 1 aliphatic heterocycles. The van der Waals surface area contributed by atoms with Crippen LogP contribution >= 0.6 is 0 Å². The quantitative estimate of drug-likeness (QED) is 0.830. The number of nitrogens with zero attached hydrogens (tertiary/aromatic N) is 4. The number of aromatic amines is 1. The zero-order chi connectivity index (χ0) is 17.8. The predicted octanol–water partition coefficient (Wildman–Crippen LogP) is 0.597. The summed E-state index contributed by atoms with van der Waals surface area (Å²) in [5, 5.41) is 2.77. The van der Waals surface area contributed by atoms with Gasteiger partial charge in [0.05, 0.1) is 6.33 Å². The van der Waals surface area contributed by atoms with E-state index in [-0.39, 0.29) is 11.8 Å². The number of piperidine rings is 1. The molecule has 0 bridgehead atoms. The number of hydrogen-bond donors (Lipinski definition) is 2. The first-order valence-electron chi connectivity index (χ1n) is 8.55. The molecule has 0 aliphatic carbocycles. The van der Waals surface area contributed by atoms with Crippen molar-refractivity contribution in [2.75, 3.05) is 13.1 Å². The Balaban J connectivity index is 1.62. The summed E-state index contributed by atoms with van der Waals surface area (Å²) in [6.45, 7) is 2.78. The van der Waals surface area contributed by atoms with Crippen LogP contribution < -0.4 is 5.32 Å². The smallest absolute Gasteiger partial charge is 0.245 e. The molecule has 1 atom stereocenters. The molecule has 1 saturated heterocycles. The Morgan fingerprint density at radius 2 is 2.16 bits per heavy atom. The van der Waals surface area contributed by atoms with E-state index in [2.05, 4.69) is 20.3 Å². The van der Waals surface area contributed by atoms with E-state index >= 15 is 0 Å². The highest BCUT2D eigenvalue weighted by Gasteiger charge is 2.30. The van der Waals surface area contributed by atoms with Gasteiger partial charge in [-0.25, -0.2) is 9.97 Å². The molecule has 8 heteroatoms. The number of aryl methyl sites for hydroxylation is 1. The third-order valence-corrected chi connectivity index (χ3v) is 4.68. The molecular weight excluding hydrogens is 320 g/mol. The highest BCUT2D eigenvalue weighted by Crippen LogP contribution is 2.26. The lowest BCUT2D eigenvalue weighted by molar-refractivity contribution is -0.137. The molecule has 3 heterocycles. The molecule has 1 fully saturated rings. The Bertz CT molecular complexity index is 715. The zero-order valence-electron chi connectivity index (χ0n) is 14.6. The Labute approximate surface area is 146 Å². The van der Waals surface area contributed by atoms with E-state index in [1.54, 1.807) is 12.5 Å². The second-order valence-electron chi connectivity index (χ2n) is 6.53. The number of aromatic nitrogens is 4. The number of imidazole rings is 2. The van der Waals surface area contributed by atoms with Crippen LogP contribution in [0.3, 0.4) is 0 Å². The summed E-state index contributed by atoms with van der Waals surface area (Å²) in [4.78, 5) is 37.6. The normalized spacial score (nSPS) is 16.6. The molecule has 0 radical (unpaired) electrons. The summed E-state index contributed by atoms with van der Waals surface area (Å²) in [5.41, 5.74) is 0.829. The first-order chi connectivity index (χ1) is 12.0. The van der Waals surface area contributed by atoms with Crippen LogP contribution in [0, 0.1) is 0 Å². The van der Waals surface area contributed by atoms with Gasteiger partial charge in [-0.3, -0.25) is 9.59 Å². The van der Waals surface area contributed by atoms with Crippen molar-refractivity contribution in [3.8, 4) is 0 Å². The molecule has 0 spiro atoms. The third kappa shape index (κ3) is 4.07. The molecule has 2 amide bonds. The van der Waals surface area contributed by atoms with Crippen molar-refractivity contribution in [2.24, 2.45) is 7.05 Å². The van der Waals surface area contributed by atoms with E-state index in [4.69, 9.17) is 0 Å². The summed E-state index contributed by atoms with van der Waals surface area (Å²) in [6.07, 6.45) is 9.19. The Hall–Kier alpha value is -2.64. The minimum absolute atomic E-state index is 0.0388. The Morgan fingerprint density at radius 3 is 2.72 bits per heavy atom. The maximum Gasteiger partial charge on any atom is 0.245 e. The van der Waals surface area contributed by atoms with Crippen LogP contribution in [-0.2, 0) is 23.1 Å². The monoisotopic (exact) mass is 344 g/mol. The van der Waals surface area contributed by atoms with Crippen LogP contribution in [0.2, 0.25) is 0 Å². The van der Waals surface area contributed by atoms with Crippen molar-refractivity contribution >= 4 is 11.8 Å². The average molecular weight is 344 g/mol. The molecule has 3 rings (SSSR count). The van der Waals surface area contributed by atoms with Gasteiger partial charge in [0, 0.05) is 63.7 Å². The van der Waals surface area contributed by atoms with Gasteiger partial charge in [-0.15, -0.1) is 0 Å². The fourth-order valence-corrected chi connectivity index (χ4v) is 3.41. The molecule has 2 aromatic rings. The first-order valence-corrected chi connectivity index (χ1v) is 8.55. The molecule has 25 heavy (non-hydrogen) atoms. The first kappa shape index (κ1) is 17.2. The number of rotatable bonds is 5. The number of carbonyl (C=O) groups is 2. The maximum atomic E-state index is 12.9. The molecule has 134 valence electrons. The van der Waals surface area contributed by atoms with Crippen molar-refractivity contribution < 1.29 is 9.59 Å². The van der Waals surface area contributed by atoms with E-state index in [1.165, 1.54) is 6.92 Å². The number of hydrogen-bond acceptors (Lipinski definition) is 4. The van der Waals surface area contributed by atoms with Crippen LogP contribution in [0.25, 0.3) is 0 Å². The van der Waals surface area contributed by atoms with Gasteiger partial charge >= 0.3 is 0 Å². The van der Waals surface area contributed by atoms with Gasteiger partial charge < -0.3 is 19.8 Å². The van der Waals surface area contributed by atoms with Gasteiger partial charge in [0.25, 0.3) is 0 Å². The molecule has 0 aromatic carbocycles. The zero-order valence-corrected chi connectivity index (χ0v) is 14.6. The van der Waals surface area contributed by atoms with E-state index in [1.807, 2.05) is 28.9 Å². The van der Waals surface area contributed by atoms with Gasteiger partial charge in [-0.05, 0) is 12.8 Å². The average Bonchev–Trinajstić information content (AvgIpc) is 3.25. The minimum atomic E-state index is -0.567. The number of likely N-dealkylation sites (tertiary alicyclic amines) is 1. The van der Waals surface area contributed by atoms with Crippen LogP contribution in [0.1, 0.15) is 37.2 Å². The second-order valence-corrected chi connectivity index (χ2v) is 6.53. The summed E-state index contributed by atoms with van der Waals surface area (Å²) in [7, 11) is 2.00. The summed E-state index contributed by atoms with van der Waals surface area (Å²) in [6, 6.07) is -0.567. The van der Waals surface area contributed by atoms with E-state index in [0.29, 0.717) is 25.4 Å². The van der Waals surface area contributed by atoms with Crippen molar-refractivity contribution in [2.45, 2.75) is 38.1 Å². The number of carbonyl (C=O) groups excluding carboxylic acids is 2. The van der Waals surface area contributed by atoms with E-state index in [9.17, 15) is 9.59 Å². The van der Waals surface area contributed by atoms with Crippen LogP contribution in [0.4, 0.5) is 0 Å². The summed E-state index contributed by atoms with van der Waals surface area (Å²) < 4.78 is 2.04. The summed E-state index contributed by atoms with van der Waals surface area (Å²) in [5.74, 6) is 1.20. The molecule has 2 N–H and O–H groups in total. The van der Waals surface area contributed by atoms with Gasteiger partial charge in [-0.2, -0.15) is 0 Å². The summed E-state index contributed by atoms with van der Waals surface area (Å²) >= 11 is 0. The fourth-order valence-electron chi connectivity index (χ4n) is 3.41. The minimum Gasteiger partial charge on any atom is -0.348 e. The topological polar surface area (TPSA) is 95.9 Å². The van der Waals surface area contributed by atoms with E-state index < -0.39 is 6.04 Å². The SMILES string of the molecule is CC(=O)N[C@@H](Cc1cnc[nH]1)C(=O)N1CCC(c2nccn2C)CC1. The number of nitrogens with one attached hydrogen (secondary N) is 2. The van der Waals surface area contributed by atoms with Crippen molar-refractivity contribution in [3.05, 3.63) is 36.4 Å². The lowest BCUT2D eigenvalue weighted by Crippen LogP contribution is -2.51. The van der Waals surface area contributed by atoms with Gasteiger partial charge in [0.2, 0.25) is 11.8 Å². The molecule has 0 unspecified atom stereocenters. The van der Waals surface area contributed by atoms with Crippen molar-refractivity contribution in [1.82, 2.24) is 29.7 Å². The number of H-pyrrole nitrogens is 1. The molecule has 8 nitrogen and oxygen atoms in total. The van der Waals surface area contributed by atoms with Gasteiger partial charge in [0.15, 0.2) is 0 Å². The Morgan fingerprint density at radius 1 is 1.40 bits per heavy atom. The van der Waals surface area contributed by atoms with E-state index in [0.717, 1.165) is 24.4 Å². The second kappa shape index (κ2) is 7.50. The predicted molar refractivity (Wildman–Crippen MR) is 91.7 cm³/mol. The molecule has 1 aliphatic rings. The van der Waals surface area contributed by atoms with Crippen molar-refractivity contribution in [3.63, 3.8) is 0 Å². The number of amides is 2. The molecule has 0 saturated carbocycles.